The van der Waals surface area contributed by atoms with Crippen LogP contribution in [0.5, 0.6) is 5.75 Å². The summed E-state index contributed by atoms with van der Waals surface area (Å²) in [6.45, 7) is 0.563. The Balaban J connectivity index is 1.79. The van der Waals surface area contributed by atoms with Crippen LogP contribution in [0.3, 0.4) is 0 Å². The lowest BCUT2D eigenvalue weighted by Gasteiger charge is -2.07. The minimum atomic E-state index is -0.809. The summed E-state index contributed by atoms with van der Waals surface area (Å²) >= 11 is 0. The van der Waals surface area contributed by atoms with Gasteiger partial charge in [-0.05, 0) is 42.7 Å². The van der Waals surface area contributed by atoms with Gasteiger partial charge in [-0.25, -0.2) is 4.79 Å². The molecule has 0 saturated heterocycles. The molecule has 142 valence electrons. The number of carbonyl (C=O) groups excluding carboxylic acids is 1. The zero-order valence-corrected chi connectivity index (χ0v) is 14.8. The third kappa shape index (κ3) is 7.60. The fourth-order valence-corrected chi connectivity index (χ4v) is 2.20. The van der Waals surface area contributed by atoms with E-state index in [-0.39, 0.29) is 18.9 Å². The van der Waals surface area contributed by atoms with Crippen molar-refractivity contribution in [3.8, 4) is 5.75 Å². The van der Waals surface area contributed by atoms with Crippen molar-refractivity contribution >= 4 is 17.9 Å². The van der Waals surface area contributed by atoms with E-state index in [0.29, 0.717) is 30.8 Å². The molecule has 0 heterocycles. The number of carbonyl (C=O) groups is 2. The predicted octanol–water partition coefficient (Wildman–Crippen LogP) is 3.36. The molecule has 2 aromatic carbocycles. The van der Waals surface area contributed by atoms with Crippen LogP contribution >= 0.6 is 0 Å². The number of carboxylic acids is 1. The molecule has 1 amide bonds. The van der Waals surface area contributed by atoms with Crippen LogP contribution in [0.1, 0.15) is 30.4 Å². The van der Waals surface area contributed by atoms with Gasteiger partial charge in [-0.2, -0.15) is 4.99 Å². The summed E-state index contributed by atoms with van der Waals surface area (Å²) in [4.78, 5) is 25.9. The molecule has 0 aliphatic carbocycles. The molecule has 0 fully saturated rings. The number of aliphatic imine (C=N–C) groups is 1. The van der Waals surface area contributed by atoms with E-state index in [0.717, 1.165) is 5.56 Å². The van der Waals surface area contributed by atoms with Crippen molar-refractivity contribution in [3.63, 3.8) is 0 Å². The van der Waals surface area contributed by atoms with Gasteiger partial charge in [0.25, 0.3) is 0 Å². The average Bonchev–Trinajstić information content (AvgIpc) is 2.67. The molecular weight excluding hydrogens is 348 g/mol. The summed E-state index contributed by atoms with van der Waals surface area (Å²) in [6, 6.07) is 16.1. The highest BCUT2D eigenvalue weighted by Gasteiger charge is 2.05. The lowest BCUT2D eigenvalue weighted by Crippen LogP contribution is -2.16. The van der Waals surface area contributed by atoms with Crippen molar-refractivity contribution in [2.75, 3.05) is 6.61 Å². The normalized spacial score (nSPS) is 11.0. The van der Waals surface area contributed by atoms with Gasteiger partial charge in [0.2, 0.25) is 0 Å². The largest absolute Gasteiger partial charge is 0.494 e. The molecule has 0 unspecified atom stereocenters. The second-order valence-electron chi connectivity index (χ2n) is 5.76. The van der Waals surface area contributed by atoms with Crippen molar-refractivity contribution in [1.82, 2.24) is 0 Å². The number of unbranched alkanes of at least 4 members (excludes halogenated alkanes) is 1. The standard InChI is InChI=1S/C20H22N2O5/c21-19(22-20(25)27-14-15-6-2-1-3-7-15)16-9-11-17(12-10-16)26-13-5-4-8-18(23)24/h1-3,6-7,9-12H,4-5,8,13-14H2,(H,23,24)(H2,21,22,25). The Morgan fingerprint density at radius 1 is 1.00 bits per heavy atom. The average molecular weight is 370 g/mol. The van der Waals surface area contributed by atoms with Crippen molar-refractivity contribution in [1.29, 1.82) is 0 Å². The van der Waals surface area contributed by atoms with E-state index in [1.165, 1.54) is 0 Å². The Morgan fingerprint density at radius 3 is 2.37 bits per heavy atom. The monoisotopic (exact) mass is 370 g/mol. The molecule has 0 aliphatic heterocycles. The van der Waals surface area contributed by atoms with Gasteiger partial charge in [-0.15, -0.1) is 0 Å². The number of amides is 1. The number of carboxylic acid groups (broad SMARTS) is 1. The van der Waals surface area contributed by atoms with E-state index in [4.69, 9.17) is 20.3 Å². The van der Waals surface area contributed by atoms with E-state index in [2.05, 4.69) is 4.99 Å². The Bertz CT molecular complexity index is 773. The number of ether oxygens (including phenoxy) is 2. The van der Waals surface area contributed by atoms with Crippen LogP contribution in [-0.2, 0) is 16.1 Å². The second kappa shape index (κ2) is 10.6. The lowest BCUT2D eigenvalue weighted by molar-refractivity contribution is -0.137. The Labute approximate surface area is 157 Å². The van der Waals surface area contributed by atoms with Crippen molar-refractivity contribution in [2.24, 2.45) is 10.7 Å². The number of hydrogen-bond acceptors (Lipinski definition) is 4. The first-order valence-corrected chi connectivity index (χ1v) is 8.54. The summed E-state index contributed by atoms with van der Waals surface area (Å²) in [6.07, 6.45) is 0.605. The molecule has 2 aromatic rings. The summed E-state index contributed by atoms with van der Waals surface area (Å²) in [5.74, 6) is -0.119. The first-order valence-electron chi connectivity index (χ1n) is 8.54. The fraction of sp³-hybridized carbons (Fsp3) is 0.250. The zero-order valence-electron chi connectivity index (χ0n) is 14.8. The summed E-state index contributed by atoms with van der Waals surface area (Å²) in [5.41, 5.74) is 7.27. The van der Waals surface area contributed by atoms with Gasteiger partial charge >= 0.3 is 12.1 Å². The van der Waals surface area contributed by atoms with Crippen molar-refractivity contribution < 1.29 is 24.2 Å². The van der Waals surface area contributed by atoms with E-state index < -0.39 is 12.1 Å². The number of nitrogens with two attached hydrogens (primary N) is 1. The molecule has 0 aromatic heterocycles. The van der Waals surface area contributed by atoms with Gasteiger partial charge in [0.15, 0.2) is 0 Å². The van der Waals surface area contributed by atoms with Crippen molar-refractivity contribution in [2.45, 2.75) is 25.9 Å². The smallest absolute Gasteiger partial charge is 0.435 e. The van der Waals surface area contributed by atoms with Crippen LogP contribution in [-0.4, -0.2) is 29.6 Å². The molecule has 27 heavy (non-hydrogen) atoms. The Kier molecular flexibility index (Phi) is 7.84. The Hall–Kier alpha value is -3.35. The maximum atomic E-state index is 11.8. The molecule has 0 saturated carbocycles. The summed E-state index contributed by atoms with van der Waals surface area (Å²) in [5, 5.41) is 8.57. The van der Waals surface area contributed by atoms with Crippen LogP contribution in [0.25, 0.3) is 0 Å². The van der Waals surface area contributed by atoms with Gasteiger partial charge in [-0.1, -0.05) is 30.3 Å². The van der Waals surface area contributed by atoms with Crippen LogP contribution < -0.4 is 10.5 Å². The van der Waals surface area contributed by atoms with E-state index >= 15 is 0 Å². The van der Waals surface area contributed by atoms with E-state index in [1.807, 2.05) is 30.3 Å². The quantitative estimate of drug-likeness (QED) is 0.398. The third-order valence-corrected chi connectivity index (χ3v) is 3.62. The molecular formula is C20H22N2O5. The fourth-order valence-electron chi connectivity index (χ4n) is 2.20. The van der Waals surface area contributed by atoms with Gasteiger partial charge in [0.1, 0.15) is 18.2 Å². The number of aliphatic carboxylic acids is 1. The zero-order chi connectivity index (χ0) is 19.5. The third-order valence-electron chi connectivity index (χ3n) is 3.62. The number of nitrogens with zero attached hydrogens (tertiary/aromatic N) is 1. The van der Waals surface area contributed by atoms with Crippen LogP contribution in [0, 0.1) is 0 Å². The van der Waals surface area contributed by atoms with Gasteiger partial charge in [0.05, 0.1) is 6.61 Å². The van der Waals surface area contributed by atoms with Crippen LogP contribution in [0.4, 0.5) is 4.79 Å². The van der Waals surface area contributed by atoms with Gasteiger partial charge in [0, 0.05) is 12.0 Å². The first-order chi connectivity index (χ1) is 13.0. The number of benzene rings is 2. The Morgan fingerprint density at radius 2 is 1.70 bits per heavy atom. The topological polar surface area (TPSA) is 111 Å². The van der Waals surface area contributed by atoms with Crippen LogP contribution in [0.2, 0.25) is 0 Å². The van der Waals surface area contributed by atoms with Gasteiger partial charge in [-0.3, -0.25) is 4.79 Å². The molecule has 2 rings (SSSR count). The molecule has 3 N–H and O–H groups in total. The highest BCUT2D eigenvalue weighted by Crippen LogP contribution is 2.13. The molecule has 0 bridgehead atoms. The lowest BCUT2D eigenvalue weighted by atomic mass is 10.2. The van der Waals surface area contributed by atoms with E-state index in [9.17, 15) is 9.59 Å². The molecule has 0 spiro atoms. The van der Waals surface area contributed by atoms with Crippen LogP contribution in [0.15, 0.2) is 59.6 Å². The number of amidine groups is 1. The predicted molar refractivity (Wildman–Crippen MR) is 101 cm³/mol. The SMILES string of the molecule is NC(=NC(=O)OCc1ccccc1)c1ccc(OCCCCC(=O)O)cc1. The first kappa shape index (κ1) is 20.0. The maximum Gasteiger partial charge on any atom is 0.435 e. The molecule has 0 aliphatic rings. The summed E-state index contributed by atoms with van der Waals surface area (Å²) < 4.78 is 10.6. The number of rotatable bonds is 9. The molecule has 0 radical (unpaired) electrons. The maximum absolute atomic E-state index is 11.8. The van der Waals surface area contributed by atoms with E-state index in [1.54, 1.807) is 24.3 Å². The molecule has 7 nitrogen and oxygen atoms in total. The molecule has 7 heteroatoms. The van der Waals surface area contributed by atoms with Crippen molar-refractivity contribution in [3.05, 3.63) is 65.7 Å². The highest BCUT2D eigenvalue weighted by atomic mass is 16.5. The summed E-state index contributed by atoms with van der Waals surface area (Å²) in [7, 11) is 0. The highest BCUT2D eigenvalue weighted by molar-refractivity contribution is 6.02. The second-order valence-corrected chi connectivity index (χ2v) is 5.76. The molecule has 0 atom stereocenters. The minimum absolute atomic E-state index is 0.0565. The minimum Gasteiger partial charge on any atom is -0.494 e. The van der Waals surface area contributed by atoms with Gasteiger partial charge < -0.3 is 20.3 Å². The number of hydrogen-bond donors (Lipinski definition) is 2.